The van der Waals surface area contributed by atoms with E-state index in [0.717, 1.165) is 6.07 Å². The number of rotatable bonds is 3. The summed E-state index contributed by atoms with van der Waals surface area (Å²) in [6, 6.07) is 8.29. The van der Waals surface area contributed by atoms with E-state index < -0.39 is 23.2 Å². The molecule has 7 nitrogen and oxygen atoms in total. The number of carbonyl (C=O) groups excluding carboxylic acids is 2. The van der Waals surface area contributed by atoms with Crippen LogP contribution >= 0.6 is 0 Å². The van der Waals surface area contributed by atoms with Gasteiger partial charge < -0.3 is 20.3 Å². The molecule has 0 fully saturated rings. The number of carboxylic acid groups (broad SMARTS) is 1. The molecular formula is C19H17NO6. The van der Waals surface area contributed by atoms with Crippen LogP contribution in [0.25, 0.3) is 0 Å². The first-order valence-corrected chi connectivity index (χ1v) is 7.90. The van der Waals surface area contributed by atoms with Gasteiger partial charge >= 0.3 is 5.97 Å². The number of aromatic hydroxyl groups is 1. The number of ketones is 1. The molecule has 1 aliphatic heterocycles. The molecule has 0 saturated heterocycles. The number of fused-ring (bicyclic) bond motifs is 1. The minimum atomic E-state index is -1.27. The minimum absolute atomic E-state index is 0.102. The second kappa shape index (κ2) is 6.18. The summed E-state index contributed by atoms with van der Waals surface area (Å²) in [6.07, 6.45) is 0.218. The summed E-state index contributed by atoms with van der Waals surface area (Å²) in [5.74, 6) is -1.88. The van der Waals surface area contributed by atoms with Crippen LogP contribution in [0, 0.1) is 0 Å². The van der Waals surface area contributed by atoms with Gasteiger partial charge in [0.05, 0.1) is 12.0 Å². The summed E-state index contributed by atoms with van der Waals surface area (Å²) >= 11 is 0. The van der Waals surface area contributed by atoms with Crippen molar-refractivity contribution in [2.24, 2.45) is 0 Å². The number of anilines is 1. The highest BCUT2D eigenvalue weighted by Crippen LogP contribution is 2.33. The van der Waals surface area contributed by atoms with Gasteiger partial charge in [-0.15, -0.1) is 0 Å². The van der Waals surface area contributed by atoms with Gasteiger partial charge in [0.2, 0.25) is 0 Å². The summed E-state index contributed by atoms with van der Waals surface area (Å²) in [5, 5.41) is 21.2. The third-order valence-electron chi connectivity index (χ3n) is 4.00. The van der Waals surface area contributed by atoms with Gasteiger partial charge in [-0.2, -0.15) is 0 Å². The summed E-state index contributed by atoms with van der Waals surface area (Å²) in [4.78, 5) is 35.6. The smallest absolute Gasteiger partial charge is 0.339 e. The molecule has 0 saturated carbocycles. The fourth-order valence-electron chi connectivity index (χ4n) is 2.79. The highest BCUT2D eigenvalue weighted by molar-refractivity contribution is 6.08. The zero-order chi connectivity index (χ0) is 19.1. The number of Topliss-reactive ketones (excluding diaryl/α,β-unsaturated/α-hetero) is 1. The lowest BCUT2D eigenvalue weighted by Crippen LogP contribution is -2.36. The second-order valence-corrected chi connectivity index (χ2v) is 6.66. The van der Waals surface area contributed by atoms with E-state index in [1.165, 1.54) is 24.3 Å². The van der Waals surface area contributed by atoms with E-state index >= 15 is 0 Å². The Morgan fingerprint density at radius 1 is 1.15 bits per heavy atom. The third kappa shape index (κ3) is 3.37. The maximum atomic E-state index is 12.4. The van der Waals surface area contributed by atoms with Gasteiger partial charge in [-0.3, -0.25) is 9.59 Å². The number of hydrogen-bond acceptors (Lipinski definition) is 5. The molecule has 0 bridgehead atoms. The largest absolute Gasteiger partial charge is 0.507 e. The number of amides is 1. The molecule has 0 unspecified atom stereocenters. The average Bonchev–Trinajstić information content (AvgIpc) is 2.53. The number of ether oxygens (including phenoxy) is 1. The van der Waals surface area contributed by atoms with Crippen LogP contribution in [0.15, 0.2) is 36.4 Å². The molecular weight excluding hydrogens is 338 g/mol. The fourth-order valence-corrected chi connectivity index (χ4v) is 2.79. The predicted octanol–water partition coefficient (Wildman–Crippen LogP) is 3.09. The van der Waals surface area contributed by atoms with Gasteiger partial charge in [0, 0.05) is 17.3 Å². The van der Waals surface area contributed by atoms with Gasteiger partial charge in [0.15, 0.2) is 5.78 Å². The molecule has 0 atom stereocenters. The number of carboxylic acids is 1. The van der Waals surface area contributed by atoms with E-state index in [1.807, 2.05) is 13.8 Å². The van der Waals surface area contributed by atoms with E-state index in [1.54, 1.807) is 6.07 Å². The zero-order valence-corrected chi connectivity index (χ0v) is 14.2. The lowest BCUT2D eigenvalue weighted by molar-refractivity contribution is 0.0618. The molecule has 0 radical (unpaired) electrons. The molecule has 134 valence electrons. The van der Waals surface area contributed by atoms with Crippen molar-refractivity contribution in [2.45, 2.75) is 25.9 Å². The van der Waals surface area contributed by atoms with E-state index in [-0.39, 0.29) is 29.0 Å². The van der Waals surface area contributed by atoms with Crippen LogP contribution in [0.2, 0.25) is 0 Å². The Balaban J connectivity index is 1.83. The minimum Gasteiger partial charge on any atom is -0.507 e. The fraction of sp³-hybridized carbons (Fsp3) is 0.211. The Bertz CT molecular complexity index is 932. The number of carbonyl (C=O) groups is 3. The molecule has 0 spiro atoms. The summed E-state index contributed by atoms with van der Waals surface area (Å²) in [7, 11) is 0. The van der Waals surface area contributed by atoms with Crippen molar-refractivity contribution in [1.82, 2.24) is 0 Å². The molecule has 0 aromatic heterocycles. The topological polar surface area (TPSA) is 113 Å². The molecule has 1 heterocycles. The third-order valence-corrected chi connectivity index (χ3v) is 4.00. The van der Waals surface area contributed by atoms with Crippen LogP contribution in [0.1, 0.15) is 51.3 Å². The number of aromatic carboxylic acids is 1. The van der Waals surface area contributed by atoms with E-state index in [0.29, 0.717) is 11.3 Å². The van der Waals surface area contributed by atoms with Crippen molar-refractivity contribution < 1.29 is 29.3 Å². The standard InChI is InChI=1S/C19H17NO6/c1-19(2)9-15(22)13-7-10(3-6-16(13)26-19)17(23)20-11-4-5-12(18(24)25)14(21)8-11/h3-8,21H,9H2,1-2H3,(H,20,23)(H,24,25). The lowest BCUT2D eigenvalue weighted by Gasteiger charge is -2.31. The normalized spacial score (nSPS) is 14.9. The number of hydrogen-bond donors (Lipinski definition) is 3. The Labute approximate surface area is 149 Å². The van der Waals surface area contributed by atoms with E-state index in [2.05, 4.69) is 5.32 Å². The van der Waals surface area contributed by atoms with Crippen molar-refractivity contribution in [3.63, 3.8) is 0 Å². The van der Waals surface area contributed by atoms with Crippen molar-refractivity contribution >= 4 is 23.3 Å². The molecule has 1 aliphatic rings. The van der Waals surface area contributed by atoms with Gasteiger partial charge in [-0.1, -0.05) is 0 Å². The van der Waals surface area contributed by atoms with Crippen LogP contribution in [-0.4, -0.2) is 33.5 Å². The van der Waals surface area contributed by atoms with Crippen molar-refractivity contribution in [3.8, 4) is 11.5 Å². The van der Waals surface area contributed by atoms with Gasteiger partial charge in [0.25, 0.3) is 5.91 Å². The van der Waals surface area contributed by atoms with Crippen molar-refractivity contribution in [1.29, 1.82) is 0 Å². The molecule has 0 aliphatic carbocycles. The van der Waals surface area contributed by atoms with Crippen LogP contribution in [0.3, 0.4) is 0 Å². The maximum absolute atomic E-state index is 12.4. The molecule has 2 aromatic rings. The second-order valence-electron chi connectivity index (χ2n) is 6.66. The van der Waals surface area contributed by atoms with Crippen LogP contribution in [-0.2, 0) is 0 Å². The number of nitrogens with one attached hydrogen (secondary N) is 1. The SMILES string of the molecule is CC1(C)CC(=O)c2cc(C(=O)Nc3ccc(C(=O)O)c(O)c3)ccc2O1. The molecule has 3 rings (SSSR count). The number of benzene rings is 2. The summed E-state index contributed by atoms with van der Waals surface area (Å²) < 4.78 is 5.75. The van der Waals surface area contributed by atoms with Gasteiger partial charge in [0.1, 0.15) is 22.7 Å². The Kier molecular flexibility index (Phi) is 4.15. The first-order valence-electron chi connectivity index (χ1n) is 7.90. The van der Waals surface area contributed by atoms with Crippen LogP contribution in [0.5, 0.6) is 11.5 Å². The first kappa shape index (κ1) is 17.5. The van der Waals surface area contributed by atoms with E-state index in [4.69, 9.17) is 9.84 Å². The monoisotopic (exact) mass is 355 g/mol. The Morgan fingerprint density at radius 3 is 2.54 bits per heavy atom. The molecule has 2 aromatic carbocycles. The molecule has 26 heavy (non-hydrogen) atoms. The summed E-state index contributed by atoms with van der Waals surface area (Å²) in [5.41, 5.74) is -0.0126. The number of phenols is 1. The Morgan fingerprint density at radius 2 is 1.88 bits per heavy atom. The predicted molar refractivity (Wildman–Crippen MR) is 93.1 cm³/mol. The Hall–Kier alpha value is -3.35. The van der Waals surface area contributed by atoms with E-state index in [9.17, 15) is 19.5 Å². The molecule has 1 amide bonds. The van der Waals surface area contributed by atoms with Crippen molar-refractivity contribution in [3.05, 3.63) is 53.1 Å². The van der Waals surface area contributed by atoms with Gasteiger partial charge in [-0.05, 0) is 44.2 Å². The highest BCUT2D eigenvalue weighted by Gasteiger charge is 2.32. The van der Waals surface area contributed by atoms with Gasteiger partial charge in [-0.25, -0.2) is 4.79 Å². The maximum Gasteiger partial charge on any atom is 0.339 e. The lowest BCUT2D eigenvalue weighted by atomic mass is 9.92. The summed E-state index contributed by atoms with van der Waals surface area (Å²) in [6.45, 7) is 3.64. The highest BCUT2D eigenvalue weighted by atomic mass is 16.5. The zero-order valence-electron chi connectivity index (χ0n) is 14.2. The van der Waals surface area contributed by atoms with Crippen LogP contribution in [0.4, 0.5) is 5.69 Å². The van der Waals surface area contributed by atoms with Crippen LogP contribution < -0.4 is 10.1 Å². The first-order chi connectivity index (χ1) is 12.2. The molecule has 7 heteroatoms. The van der Waals surface area contributed by atoms with Crippen molar-refractivity contribution in [2.75, 3.05) is 5.32 Å². The average molecular weight is 355 g/mol. The quantitative estimate of drug-likeness (QED) is 0.780. The molecule has 3 N–H and O–H groups in total.